The van der Waals surface area contributed by atoms with Gasteiger partial charge in [-0.3, -0.25) is 0 Å². The largest absolute Gasteiger partial charge is 0.457 e. The number of carbonyl (C=O) groups excluding carboxylic acids is 1. The van der Waals surface area contributed by atoms with Crippen LogP contribution in [-0.2, 0) is 11.3 Å². The van der Waals surface area contributed by atoms with Crippen LogP contribution in [0, 0.1) is 13.8 Å². The fourth-order valence-corrected chi connectivity index (χ4v) is 1.68. The molecular weight excluding hydrogens is 228 g/mol. The number of ether oxygens (including phenoxy) is 1. The van der Waals surface area contributed by atoms with Crippen molar-refractivity contribution in [3.8, 4) is 0 Å². The van der Waals surface area contributed by atoms with Gasteiger partial charge < -0.3 is 4.74 Å². The van der Waals surface area contributed by atoms with Gasteiger partial charge in [0, 0.05) is 0 Å². The van der Waals surface area contributed by atoms with E-state index in [0.29, 0.717) is 17.0 Å². The highest BCUT2D eigenvalue weighted by Crippen LogP contribution is 2.11. The molecule has 2 rings (SSSR count). The number of aromatic nitrogens is 2. The number of hydrogen-bond acceptors (Lipinski definition) is 4. The summed E-state index contributed by atoms with van der Waals surface area (Å²) in [6.45, 7) is 3.80. The molecule has 0 N–H and O–H groups in total. The number of esters is 1. The molecular formula is C14H14N2O2. The van der Waals surface area contributed by atoms with E-state index in [1.165, 1.54) is 6.33 Å². The lowest BCUT2D eigenvalue weighted by molar-refractivity contribution is 0.0469. The third kappa shape index (κ3) is 2.71. The Morgan fingerprint density at radius 1 is 1.11 bits per heavy atom. The van der Waals surface area contributed by atoms with Crippen molar-refractivity contribution in [3.63, 3.8) is 0 Å². The summed E-state index contributed by atoms with van der Waals surface area (Å²) in [6.07, 6.45) is 1.44. The van der Waals surface area contributed by atoms with Crippen molar-refractivity contribution in [3.05, 3.63) is 59.2 Å². The Morgan fingerprint density at radius 3 is 2.33 bits per heavy atom. The number of rotatable bonds is 3. The third-order valence-electron chi connectivity index (χ3n) is 2.64. The summed E-state index contributed by atoms with van der Waals surface area (Å²) < 4.78 is 5.26. The Balaban J connectivity index is 2.09. The molecule has 2 aromatic rings. The van der Waals surface area contributed by atoms with Crippen LogP contribution in [0.3, 0.4) is 0 Å². The van der Waals surface area contributed by atoms with Gasteiger partial charge in [0.15, 0.2) is 0 Å². The Labute approximate surface area is 106 Å². The fraction of sp³-hybridized carbons (Fsp3) is 0.214. The summed E-state index contributed by atoms with van der Waals surface area (Å²) in [5, 5.41) is 0. The molecule has 0 radical (unpaired) electrons. The summed E-state index contributed by atoms with van der Waals surface area (Å²) in [6, 6.07) is 9.56. The predicted molar refractivity (Wildman–Crippen MR) is 67.1 cm³/mol. The van der Waals surface area contributed by atoms with E-state index in [-0.39, 0.29) is 12.6 Å². The van der Waals surface area contributed by atoms with Gasteiger partial charge in [-0.25, -0.2) is 14.8 Å². The van der Waals surface area contributed by atoms with E-state index >= 15 is 0 Å². The van der Waals surface area contributed by atoms with Crippen LogP contribution in [0.25, 0.3) is 0 Å². The molecule has 0 atom stereocenters. The van der Waals surface area contributed by atoms with Crippen molar-refractivity contribution >= 4 is 5.97 Å². The van der Waals surface area contributed by atoms with Gasteiger partial charge in [0.25, 0.3) is 0 Å². The maximum Gasteiger partial charge on any atom is 0.342 e. The first-order valence-corrected chi connectivity index (χ1v) is 5.67. The molecule has 4 nitrogen and oxygen atoms in total. The smallest absolute Gasteiger partial charge is 0.342 e. The van der Waals surface area contributed by atoms with Gasteiger partial charge in [-0.2, -0.15) is 0 Å². The minimum atomic E-state index is -0.380. The lowest BCUT2D eigenvalue weighted by Gasteiger charge is -2.08. The van der Waals surface area contributed by atoms with Crippen molar-refractivity contribution in [2.75, 3.05) is 0 Å². The summed E-state index contributed by atoms with van der Waals surface area (Å²) in [4.78, 5) is 20.0. The van der Waals surface area contributed by atoms with E-state index in [9.17, 15) is 4.79 Å². The second-order valence-corrected chi connectivity index (χ2v) is 3.98. The molecule has 0 aliphatic heterocycles. The van der Waals surface area contributed by atoms with Gasteiger partial charge in [0.2, 0.25) is 0 Å². The Bertz CT molecular complexity index is 533. The first kappa shape index (κ1) is 12.2. The second-order valence-electron chi connectivity index (χ2n) is 3.98. The molecule has 0 saturated heterocycles. The number of carbonyl (C=O) groups is 1. The molecule has 0 bridgehead atoms. The standard InChI is InChI=1S/C14H14N2O2/c1-10-13(11(2)16-9-15-10)14(17)18-8-12-6-4-3-5-7-12/h3-7,9H,8H2,1-2H3. The molecule has 0 aliphatic rings. The summed E-state index contributed by atoms with van der Waals surface area (Å²) in [5.41, 5.74) is 2.69. The van der Waals surface area contributed by atoms with Crippen LogP contribution in [0.5, 0.6) is 0 Å². The van der Waals surface area contributed by atoms with E-state index < -0.39 is 0 Å². The zero-order valence-electron chi connectivity index (χ0n) is 10.4. The van der Waals surface area contributed by atoms with Crippen LogP contribution in [0.2, 0.25) is 0 Å². The van der Waals surface area contributed by atoms with Gasteiger partial charge in [-0.15, -0.1) is 0 Å². The normalized spacial score (nSPS) is 10.1. The zero-order chi connectivity index (χ0) is 13.0. The van der Waals surface area contributed by atoms with Crippen molar-refractivity contribution in [1.29, 1.82) is 0 Å². The SMILES string of the molecule is Cc1ncnc(C)c1C(=O)OCc1ccccc1. The number of nitrogens with zero attached hydrogens (tertiary/aromatic N) is 2. The quantitative estimate of drug-likeness (QED) is 0.776. The summed E-state index contributed by atoms with van der Waals surface area (Å²) in [7, 11) is 0. The fourth-order valence-electron chi connectivity index (χ4n) is 1.68. The number of hydrogen-bond donors (Lipinski definition) is 0. The molecule has 1 aromatic heterocycles. The molecule has 1 aromatic carbocycles. The van der Waals surface area contributed by atoms with Crippen LogP contribution in [-0.4, -0.2) is 15.9 Å². The van der Waals surface area contributed by atoms with Crippen molar-refractivity contribution in [2.24, 2.45) is 0 Å². The molecule has 0 unspecified atom stereocenters. The third-order valence-corrected chi connectivity index (χ3v) is 2.64. The maximum absolute atomic E-state index is 12.0. The average Bonchev–Trinajstić information content (AvgIpc) is 2.37. The van der Waals surface area contributed by atoms with E-state index in [4.69, 9.17) is 4.74 Å². The van der Waals surface area contributed by atoms with Gasteiger partial charge in [0.05, 0.1) is 11.4 Å². The molecule has 0 spiro atoms. The van der Waals surface area contributed by atoms with Gasteiger partial charge in [0.1, 0.15) is 18.5 Å². The van der Waals surface area contributed by atoms with E-state index in [2.05, 4.69) is 9.97 Å². The highest BCUT2D eigenvalue weighted by molar-refractivity contribution is 5.91. The van der Waals surface area contributed by atoms with Crippen LogP contribution >= 0.6 is 0 Å². The van der Waals surface area contributed by atoms with Gasteiger partial charge >= 0.3 is 5.97 Å². The molecule has 0 fully saturated rings. The summed E-state index contributed by atoms with van der Waals surface area (Å²) in [5.74, 6) is -0.380. The maximum atomic E-state index is 12.0. The van der Waals surface area contributed by atoms with Crippen molar-refractivity contribution < 1.29 is 9.53 Å². The first-order chi connectivity index (χ1) is 8.68. The molecule has 0 aliphatic carbocycles. The molecule has 92 valence electrons. The Morgan fingerprint density at radius 2 is 1.72 bits per heavy atom. The highest BCUT2D eigenvalue weighted by Gasteiger charge is 2.15. The predicted octanol–water partition coefficient (Wildman–Crippen LogP) is 2.45. The minimum Gasteiger partial charge on any atom is -0.457 e. The summed E-state index contributed by atoms with van der Waals surface area (Å²) >= 11 is 0. The van der Waals surface area contributed by atoms with Crippen molar-refractivity contribution in [1.82, 2.24) is 9.97 Å². The second kappa shape index (κ2) is 5.40. The monoisotopic (exact) mass is 242 g/mol. The van der Waals surface area contributed by atoms with E-state index in [1.54, 1.807) is 13.8 Å². The zero-order valence-corrected chi connectivity index (χ0v) is 10.4. The number of aryl methyl sites for hydroxylation is 2. The minimum absolute atomic E-state index is 0.257. The van der Waals surface area contributed by atoms with Gasteiger partial charge in [-0.05, 0) is 19.4 Å². The van der Waals surface area contributed by atoms with Gasteiger partial charge in [-0.1, -0.05) is 30.3 Å². The Kier molecular flexibility index (Phi) is 3.67. The van der Waals surface area contributed by atoms with Crippen LogP contribution in [0.15, 0.2) is 36.7 Å². The Hall–Kier alpha value is -2.23. The molecule has 18 heavy (non-hydrogen) atoms. The molecule has 0 amide bonds. The lowest BCUT2D eigenvalue weighted by Crippen LogP contribution is -2.11. The van der Waals surface area contributed by atoms with Crippen molar-refractivity contribution in [2.45, 2.75) is 20.5 Å². The molecule has 1 heterocycles. The average molecular weight is 242 g/mol. The van der Waals surface area contributed by atoms with Crippen LogP contribution in [0.4, 0.5) is 0 Å². The van der Waals surface area contributed by atoms with Crippen LogP contribution < -0.4 is 0 Å². The highest BCUT2D eigenvalue weighted by atomic mass is 16.5. The van der Waals surface area contributed by atoms with E-state index in [1.807, 2.05) is 30.3 Å². The molecule has 4 heteroatoms. The van der Waals surface area contributed by atoms with Crippen LogP contribution in [0.1, 0.15) is 27.3 Å². The first-order valence-electron chi connectivity index (χ1n) is 5.67. The van der Waals surface area contributed by atoms with E-state index in [0.717, 1.165) is 5.56 Å². The number of benzene rings is 1. The lowest BCUT2D eigenvalue weighted by atomic mass is 10.2. The molecule has 0 saturated carbocycles. The topological polar surface area (TPSA) is 52.1 Å².